The highest BCUT2D eigenvalue weighted by Crippen LogP contribution is 2.22. The van der Waals surface area contributed by atoms with E-state index < -0.39 is 31.6 Å². The van der Waals surface area contributed by atoms with Crippen LogP contribution in [0, 0.1) is 11.6 Å². The third-order valence-corrected chi connectivity index (χ3v) is 2.66. The Morgan fingerprint density at radius 1 is 1.23 bits per heavy atom. The molecule has 2 N–H and O–H groups in total. The molecule has 0 aliphatic carbocycles. The van der Waals surface area contributed by atoms with Gasteiger partial charge in [-0.15, -0.1) is 0 Å². The van der Waals surface area contributed by atoms with Crippen LogP contribution in [0.4, 0.5) is 8.78 Å². The smallest absolute Gasteiger partial charge is 0.225 e. The van der Waals surface area contributed by atoms with E-state index in [1.54, 1.807) is 0 Å². The minimum atomic E-state index is -4.11. The summed E-state index contributed by atoms with van der Waals surface area (Å²) in [5, 5.41) is 4.23. The summed E-state index contributed by atoms with van der Waals surface area (Å²) in [6.07, 6.45) is 0. The summed E-state index contributed by atoms with van der Waals surface area (Å²) in [6, 6.07) is 0.990. The molecule has 1 aromatic rings. The van der Waals surface area contributed by atoms with E-state index in [0.717, 1.165) is 0 Å². The first-order valence-corrected chi connectivity index (χ1v) is 4.92. The van der Waals surface area contributed by atoms with Crippen molar-refractivity contribution in [2.75, 3.05) is 0 Å². The molecule has 0 spiro atoms. The molecule has 0 saturated heterocycles. The van der Waals surface area contributed by atoms with Crippen LogP contribution in [0.25, 0.3) is 0 Å². The van der Waals surface area contributed by atoms with Crippen LogP contribution in [0.3, 0.4) is 0 Å². The van der Waals surface area contributed by atoms with E-state index in [-0.39, 0.29) is 0 Å². The highest BCUT2D eigenvalue weighted by molar-refractivity contribution is 7.89. The molecular formula is C6H4ClF2NO2S. The zero-order chi connectivity index (χ0) is 10.2. The fourth-order valence-corrected chi connectivity index (χ4v) is 1.79. The maximum atomic E-state index is 12.5. The molecule has 0 amide bonds. The SMILES string of the molecule is NS(=O)(=O)c1cc(F)c(F)cc1Cl. The Labute approximate surface area is 78.2 Å². The molecule has 0 radical (unpaired) electrons. The van der Waals surface area contributed by atoms with Crippen molar-refractivity contribution in [1.82, 2.24) is 0 Å². The lowest BCUT2D eigenvalue weighted by molar-refractivity contribution is 0.504. The molecule has 0 heterocycles. The van der Waals surface area contributed by atoms with Crippen molar-refractivity contribution in [3.63, 3.8) is 0 Å². The fraction of sp³-hybridized carbons (Fsp3) is 0. The van der Waals surface area contributed by atoms with Crippen LogP contribution in [0.2, 0.25) is 5.02 Å². The van der Waals surface area contributed by atoms with E-state index in [2.05, 4.69) is 5.14 Å². The zero-order valence-electron chi connectivity index (χ0n) is 6.09. The quantitative estimate of drug-likeness (QED) is 0.735. The number of benzene rings is 1. The van der Waals surface area contributed by atoms with Crippen molar-refractivity contribution >= 4 is 21.6 Å². The van der Waals surface area contributed by atoms with Crippen LogP contribution in [0.1, 0.15) is 0 Å². The molecule has 1 aromatic carbocycles. The standard InChI is InChI=1S/C6H4ClF2NO2S/c7-3-1-4(8)5(9)2-6(3)13(10,11)12/h1-2H,(H2,10,11,12). The average Bonchev–Trinajstić information content (AvgIpc) is 1.94. The van der Waals surface area contributed by atoms with E-state index in [0.29, 0.717) is 12.1 Å². The number of primary sulfonamides is 1. The van der Waals surface area contributed by atoms with Crippen molar-refractivity contribution in [2.45, 2.75) is 4.90 Å². The normalized spacial score (nSPS) is 11.7. The van der Waals surface area contributed by atoms with Crippen molar-refractivity contribution in [2.24, 2.45) is 5.14 Å². The van der Waals surface area contributed by atoms with Gasteiger partial charge in [-0.1, -0.05) is 11.6 Å². The first-order chi connectivity index (χ1) is 5.82. The molecular weight excluding hydrogens is 224 g/mol. The van der Waals surface area contributed by atoms with Gasteiger partial charge >= 0.3 is 0 Å². The maximum absolute atomic E-state index is 12.5. The molecule has 0 aliphatic heterocycles. The first kappa shape index (κ1) is 10.4. The van der Waals surface area contributed by atoms with Gasteiger partial charge in [0.05, 0.1) is 5.02 Å². The lowest BCUT2D eigenvalue weighted by Crippen LogP contribution is -2.13. The van der Waals surface area contributed by atoms with Crippen molar-refractivity contribution < 1.29 is 17.2 Å². The van der Waals surface area contributed by atoms with Gasteiger partial charge in [-0.3, -0.25) is 0 Å². The summed E-state index contributed by atoms with van der Waals surface area (Å²) in [4.78, 5) is -0.631. The van der Waals surface area contributed by atoms with E-state index >= 15 is 0 Å². The number of hydrogen-bond donors (Lipinski definition) is 1. The van der Waals surface area contributed by atoms with Crippen molar-refractivity contribution in [1.29, 1.82) is 0 Å². The predicted octanol–water partition coefficient (Wildman–Crippen LogP) is 1.27. The van der Waals surface area contributed by atoms with Crippen LogP contribution >= 0.6 is 11.6 Å². The van der Waals surface area contributed by atoms with E-state index in [9.17, 15) is 17.2 Å². The van der Waals surface area contributed by atoms with Gasteiger partial charge in [-0.05, 0) is 12.1 Å². The molecule has 0 aliphatic rings. The third kappa shape index (κ3) is 2.15. The average molecular weight is 228 g/mol. The largest absolute Gasteiger partial charge is 0.239 e. The van der Waals surface area contributed by atoms with E-state index in [4.69, 9.17) is 11.6 Å². The Morgan fingerprint density at radius 3 is 2.15 bits per heavy atom. The van der Waals surface area contributed by atoms with Gasteiger partial charge in [0, 0.05) is 0 Å². The van der Waals surface area contributed by atoms with Crippen LogP contribution in [0.5, 0.6) is 0 Å². The van der Waals surface area contributed by atoms with Crippen LogP contribution in [-0.2, 0) is 10.0 Å². The summed E-state index contributed by atoms with van der Waals surface area (Å²) < 4.78 is 46.4. The minimum Gasteiger partial charge on any atom is -0.225 e. The molecule has 0 fully saturated rings. The molecule has 0 aromatic heterocycles. The lowest BCUT2D eigenvalue weighted by atomic mass is 10.3. The maximum Gasteiger partial charge on any atom is 0.239 e. The minimum absolute atomic E-state index is 0.438. The summed E-state index contributed by atoms with van der Waals surface area (Å²) in [5.41, 5.74) is 0. The second kappa shape index (κ2) is 3.21. The Hall–Kier alpha value is -0.720. The number of sulfonamides is 1. The molecule has 0 bridgehead atoms. The number of halogens is 3. The van der Waals surface area contributed by atoms with Gasteiger partial charge in [0.2, 0.25) is 10.0 Å². The van der Waals surface area contributed by atoms with Gasteiger partial charge < -0.3 is 0 Å². The van der Waals surface area contributed by atoms with Crippen molar-refractivity contribution in [3.05, 3.63) is 28.8 Å². The molecule has 7 heteroatoms. The van der Waals surface area contributed by atoms with E-state index in [1.807, 2.05) is 0 Å². The second-order valence-corrected chi connectivity index (χ2v) is 4.18. The molecule has 72 valence electrons. The predicted molar refractivity (Wildman–Crippen MR) is 42.7 cm³/mol. The highest BCUT2D eigenvalue weighted by atomic mass is 35.5. The fourth-order valence-electron chi connectivity index (χ4n) is 0.722. The van der Waals surface area contributed by atoms with Crippen LogP contribution in [-0.4, -0.2) is 8.42 Å². The summed E-state index contributed by atoms with van der Waals surface area (Å²) >= 11 is 5.32. The topological polar surface area (TPSA) is 60.2 Å². The van der Waals surface area contributed by atoms with E-state index in [1.165, 1.54) is 0 Å². The Bertz CT molecular complexity index is 446. The van der Waals surface area contributed by atoms with Crippen LogP contribution in [0.15, 0.2) is 17.0 Å². The van der Waals surface area contributed by atoms with Gasteiger partial charge in [0.25, 0.3) is 0 Å². The van der Waals surface area contributed by atoms with Crippen LogP contribution < -0.4 is 5.14 Å². The Balaban J connectivity index is 3.50. The number of rotatable bonds is 1. The summed E-state index contributed by atoms with van der Waals surface area (Å²) in [5.74, 6) is -2.54. The van der Waals surface area contributed by atoms with Gasteiger partial charge in [-0.25, -0.2) is 22.3 Å². The summed E-state index contributed by atoms with van der Waals surface area (Å²) in [7, 11) is -4.11. The molecule has 0 atom stereocenters. The zero-order valence-corrected chi connectivity index (χ0v) is 7.66. The number of hydrogen-bond acceptors (Lipinski definition) is 2. The Morgan fingerprint density at radius 2 is 1.69 bits per heavy atom. The molecule has 0 saturated carbocycles. The van der Waals surface area contributed by atoms with Crippen molar-refractivity contribution in [3.8, 4) is 0 Å². The van der Waals surface area contributed by atoms with Gasteiger partial charge in [0.1, 0.15) is 4.90 Å². The van der Waals surface area contributed by atoms with Gasteiger partial charge in [-0.2, -0.15) is 0 Å². The molecule has 0 unspecified atom stereocenters. The molecule has 3 nitrogen and oxygen atoms in total. The first-order valence-electron chi connectivity index (χ1n) is 2.99. The lowest BCUT2D eigenvalue weighted by Gasteiger charge is -2.01. The number of nitrogens with two attached hydrogens (primary N) is 1. The molecule has 1 rings (SSSR count). The molecule has 13 heavy (non-hydrogen) atoms. The highest BCUT2D eigenvalue weighted by Gasteiger charge is 2.16. The Kier molecular flexibility index (Phi) is 2.56. The third-order valence-electron chi connectivity index (χ3n) is 1.28. The monoisotopic (exact) mass is 227 g/mol. The van der Waals surface area contributed by atoms with Gasteiger partial charge in [0.15, 0.2) is 11.6 Å². The second-order valence-electron chi connectivity index (χ2n) is 2.24. The summed E-state index contributed by atoms with van der Waals surface area (Å²) in [6.45, 7) is 0.